The maximum Gasteiger partial charge on any atom is 0.159 e. The second kappa shape index (κ2) is 6.74. The smallest absolute Gasteiger partial charge is 0.159 e. The lowest BCUT2D eigenvalue weighted by molar-refractivity contribution is 0.101. The molecule has 2 aromatic rings. The van der Waals surface area contributed by atoms with Crippen LogP contribution in [0, 0.1) is 0 Å². The van der Waals surface area contributed by atoms with Crippen LogP contribution in [0.3, 0.4) is 0 Å². The highest BCUT2D eigenvalue weighted by molar-refractivity contribution is 5.94. The molecule has 1 saturated carbocycles. The van der Waals surface area contributed by atoms with Gasteiger partial charge in [0.25, 0.3) is 0 Å². The van der Waals surface area contributed by atoms with Crippen molar-refractivity contribution in [2.75, 3.05) is 0 Å². The zero-order valence-electron chi connectivity index (χ0n) is 13.1. The Morgan fingerprint density at radius 3 is 1.86 bits per heavy atom. The lowest BCUT2D eigenvalue weighted by Crippen LogP contribution is -2.01. The van der Waals surface area contributed by atoms with Gasteiger partial charge < -0.3 is 0 Å². The number of rotatable bonds is 3. The van der Waals surface area contributed by atoms with Gasteiger partial charge in [0.15, 0.2) is 5.78 Å². The van der Waals surface area contributed by atoms with Gasteiger partial charge in [-0.2, -0.15) is 0 Å². The van der Waals surface area contributed by atoms with Crippen molar-refractivity contribution in [3.8, 4) is 0 Å². The van der Waals surface area contributed by atoms with Crippen molar-refractivity contribution in [1.29, 1.82) is 0 Å². The van der Waals surface area contributed by atoms with E-state index < -0.39 is 0 Å². The first kappa shape index (κ1) is 14.8. The predicted molar refractivity (Wildman–Crippen MR) is 92.0 cm³/mol. The van der Waals surface area contributed by atoms with Gasteiger partial charge in [0.05, 0.1) is 0 Å². The molecule has 0 radical (unpaired) electrons. The quantitative estimate of drug-likeness (QED) is 0.667. The number of ketones is 1. The van der Waals surface area contributed by atoms with Crippen molar-refractivity contribution in [2.45, 2.75) is 39.0 Å². The normalized spacial score (nSPS) is 14.7. The van der Waals surface area contributed by atoms with Gasteiger partial charge in [-0.25, -0.2) is 0 Å². The molecule has 0 amide bonds. The van der Waals surface area contributed by atoms with Crippen molar-refractivity contribution >= 4 is 11.4 Å². The molecule has 0 bridgehead atoms. The number of hydrogen-bond acceptors (Lipinski definition) is 1. The third-order valence-electron chi connectivity index (χ3n) is 4.45. The molecule has 112 valence electrons. The molecule has 0 aliphatic heterocycles. The SMILES string of the molecule is CC(=O)c1ccc(C(=C2CCCCC2)c2ccccc2)cc1. The molecule has 1 aliphatic rings. The van der Waals surface area contributed by atoms with Crippen LogP contribution in [0.2, 0.25) is 0 Å². The molecule has 2 aromatic carbocycles. The summed E-state index contributed by atoms with van der Waals surface area (Å²) in [6, 6.07) is 18.7. The van der Waals surface area contributed by atoms with E-state index in [2.05, 4.69) is 42.5 Å². The molecule has 22 heavy (non-hydrogen) atoms. The second-order valence-corrected chi connectivity index (χ2v) is 6.04. The Hall–Kier alpha value is -2.15. The fraction of sp³-hybridized carbons (Fsp3) is 0.286. The minimum atomic E-state index is 0.123. The Kier molecular flexibility index (Phi) is 4.53. The molecule has 0 spiro atoms. The van der Waals surface area contributed by atoms with E-state index in [4.69, 9.17) is 0 Å². The molecule has 0 saturated heterocycles. The van der Waals surface area contributed by atoms with E-state index in [1.807, 2.05) is 12.1 Å². The number of carbonyl (C=O) groups is 1. The standard InChI is InChI=1S/C21H22O/c1-16(22)17-12-14-20(15-13-17)21(18-8-4-2-5-9-18)19-10-6-3-7-11-19/h2,4-5,8-9,12-15H,3,6-7,10-11H2,1H3. The van der Waals surface area contributed by atoms with E-state index in [1.54, 1.807) is 12.5 Å². The second-order valence-electron chi connectivity index (χ2n) is 6.04. The minimum Gasteiger partial charge on any atom is -0.295 e. The van der Waals surface area contributed by atoms with E-state index in [1.165, 1.54) is 48.8 Å². The number of hydrogen-bond donors (Lipinski definition) is 0. The molecule has 0 aromatic heterocycles. The molecule has 0 unspecified atom stereocenters. The van der Waals surface area contributed by atoms with Crippen molar-refractivity contribution in [2.24, 2.45) is 0 Å². The molecule has 1 heteroatoms. The van der Waals surface area contributed by atoms with Crippen LogP contribution >= 0.6 is 0 Å². The Morgan fingerprint density at radius 1 is 0.727 bits per heavy atom. The molecule has 1 nitrogen and oxygen atoms in total. The summed E-state index contributed by atoms with van der Waals surface area (Å²) in [6.07, 6.45) is 6.31. The van der Waals surface area contributed by atoms with E-state index in [0.29, 0.717) is 0 Å². The van der Waals surface area contributed by atoms with Crippen LogP contribution in [0.1, 0.15) is 60.5 Å². The summed E-state index contributed by atoms with van der Waals surface area (Å²) in [5.74, 6) is 0.123. The molecule has 0 atom stereocenters. The van der Waals surface area contributed by atoms with Gasteiger partial charge in [0, 0.05) is 5.56 Å². The van der Waals surface area contributed by atoms with Crippen LogP contribution < -0.4 is 0 Å². The summed E-state index contributed by atoms with van der Waals surface area (Å²) in [6.45, 7) is 1.62. The van der Waals surface area contributed by atoms with Gasteiger partial charge in [-0.1, -0.05) is 66.6 Å². The summed E-state index contributed by atoms with van der Waals surface area (Å²) in [7, 11) is 0. The molecule has 1 aliphatic carbocycles. The average Bonchev–Trinajstić information content (AvgIpc) is 2.57. The van der Waals surface area contributed by atoms with Gasteiger partial charge in [0.2, 0.25) is 0 Å². The van der Waals surface area contributed by atoms with Crippen molar-refractivity contribution in [1.82, 2.24) is 0 Å². The van der Waals surface area contributed by atoms with Crippen molar-refractivity contribution in [3.63, 3.8) is 0 Å². The minimum absolute atomic E-state index is 0.123. The zero-order chi connectivity index (χ0) is 15.4. The van der Waals surface area contributed by atoms with Crippen LogP contribution in [0.5, 0.6) is 0 Å². The van der Waals surface area contributed by atoms with Crippen LogP contribution in [-0.4, -0.2) is 5.78 Å². The van der Waals surface area contributed by atoms with Crippen molar-refractivity contribution < 1.29 is 4.79 Å². The molecular formula is C21H22O. The highest BCUT2D eigenvalue weighted by Crippen LogP contribution is 2.34. The Labute approximate surface area is 132 Å². The Morgan fingerprint density at radius 2 is 1.27 bits per heavy atom. The van der Waals surface area contributed by atoms with Crippen LogP contribution in [-0.2, 0) is 0 Å². The largest absolute Gasteiger partial charge is 0.295 e. The highest BCUT2D eigenvalue weighted by Gasteiger charge is 2.15. The number of benzene rings is 2. The Bertz CT molecular complexity index is 670. The lowest BCUT2D eigenvalue weighted by Gasteiger charge is -2.20. The summed E-state index contributed by atoms with van der Waals surface area (Å²) in [4.78, 5) is 11.5. The third kappa shape index (κ3) is 3.19. The van der Waals surface area contributed by atoms with Gasteiger partial charge in [0.1, 0.15) is 0 Å². The number of Topliss-reactive ketones (excluding diaryl/α,β-unsaturated/α-hetero) is 1. The van der Waals surface area contributed by atoms with Gasteiger partial charge >= 0.3 is 0 Å². The van der Waals surface area contributed by atoms with Crippen LogP contribution in [0.15, 0.2) is 60.2 Å². The van der Waals surface area contributed by atoms with E-state index in [0.717, 1.165) is 5.56 Å². The zero-order valence-corrected chi connectivity index (χ0v) is 13.1. The first-order chi connectivity index (χ1) is 10.8. The van der Waals surface area contributed by atoms with Gasteiger partial charge in [-0.3, -0.25) is 4.79 Å². The summed E-state index contributed by atoms with van der Waals surface area (Å²) in [5, 5.41) is 0. The van der Waals surface area contributed by atoms with E-state index in [9.17, 15) is 4.79 Å². The lowest BCUT2D eigenvalue weighted by atomic mass is 9.85. The maximum absolute atomic E-state index is 11.5. The van der Waals surface area contributed by atoms with Gasteiger partial charge in [-0.15, -0.1) is 0 Å². The number of carbonyl (C=O) groups excluding carboxylic acids is 1. The summed E-state index contributed by atoms with van der Waals surface area (Å²) < 4.78 is 0. The molecular weight excluding hydrogens is 268 g/mol. The average molecular weight is 290 g/mol. The fourth-order valence-corrected chi connectivity index (χ4v) is 3.28. The topological polar surface area (TPSA) is 17.1 Å². The van der Waals surface area contributed by atoms with E-state index >= 15 is 0 Å². The molecule has 0 N–H and O–H groups in total. The Balaban J connectivity index is 2.07. The first-order valence-corrected chi connectivity index (χ1v) is 8.14. The third-order valence-corrected chi connectivity index (χ3v) is 4.45. The van der Waals surface area contributed by atoms with Crippen LogP contribution in [0.4, 0.5) is 0 Å². The molecule has 3 rings (SSSR count). The van der Waals surface area contributed by atoms with E-state index in [-0.39, 0.29) is 5.78 Å². The first-order valence-electron chi connectivity index (χ1n) is 8.14. The molecule has 1 fully saturated rings. The maximum atomic E-state index is 11.5. The monoisotopic (exact) mass is 290 g/mol. The van der Waals surface area contributed by atoms with Gasteiger partial charge in [-0.05, 0) is 49.3 Å². The summed E-state index contributed by atoms with van der Waals surface area (Å²) >= 11 is 0. The summed E-state index contributed by atoms with van der Waals surface area (Å²) in [5.41, 5.74) is 6.23. The van der Waals surface area contributed by atoms with Crippen LogP contribution in [0.25, 0.3) is 5.57 Å². The fourth-order valence-electron chi connectivity index (χ4n) is 3.28. The number of allylic oxidation sites excluding steroid dienone is 1. The molecule has 0 heterocycles. The predicted octanol–water partition coefficient (Wildman–Crippen LogP) is 5.66. The highest BCUT2D eigenvalue weighted by atomic mass is 16.1. The van der Waals surface area contributed by atoms with Crippen molar-refractivity contribution in [3.05, 3.63) is 76.9 Å².